The fraction of sp³-hybridized carbons (Fsp3) is 0.727. The third kappa shape index (κ3) is 2.81. The summed E-state index contributed by atoms with van der Waals surface area (Å²) in [6, 6.07) is 0. The van der Waals surface area contributed by atoms with Gasteiger partial charge in [0.15, 0.2) is 5.03 Å². The van der Waals surface area contributed by atoms with E-state index in [0.29, 0.717) is 37.4 Å². The van der Waals surface area contributed by atoms with Gasteiger partial charge >= 0.3 is 0 Å². The molecule has 1 aliphatic rings. The van der Waals surface area contributed by atoms with Crippen molar-refractivity contribution in [2.45, 2.75) is 37.9 Å². The van der Waals surface area contributed by atoms with Crippen LogP contribution in [0.5, 0.6) is 0 Å². The Bertz CT molecular complexity index is 540. The first-order valence-electron chi connectivity index (χ1n) is 6.32. The SMILES string of the molecule is Cc1[nH]nc(S(=O)(=O)N2CCCOC(C)C2)c1CN. The van der Waals surface area contributed by atoms with Gasteiger partial charge in [-0.2, -0.15) is 9.40 Å². The first kappa shape index (κ1) is 14.4. The lowest BCUT2D eigenvalue weighted by Gasteiger charge is -2.20. The standard InChI is InChI=1S/C11H20N4O3S/c1-8-7-15(4-3-5-18-8)19(16,17)11-10(6-12)9(2)13-14-11/h8H,3-7,12H2,1-2H3,(H,13,14). The highest BCUT2D eigenvalue weighted by atomic mass is 32.2. The second-order valence-electron chi connectivity index (χ2n) is 4.73. The Balaban J connectivity index is 2.35. The molecule has 0 radical (unpaired) electrons. The zero-order chi connectivity index (χ0) is 14.0. The Morgan fingerprint density at radius 1 is 1.58 bits per heavy atom. The van der Waals surface area contributed by atoms with Crippen molar-refractivity contribution in [2.75, 3.05) is 19.7 Å². The molecule has 0 amide bonds. The normalized spacial score (nSPS) is 22.4. The summed E-state index contributed by atoms with van der Waals surface area (Å²) in [7, 11) is -3.61. The van der Waals surface area contributed by atoms with Crippen LogP contribution in [0.1, 0.15) is 24.6 Å². The fourth-order valence-corrected chi connectivity index (χ4v) is 3.91. The number of sulfonamides is 1. The van der Waals surface area contributed by atoms with Crippen molar-refractivity contribution < 1.29 is 13.2 Å². The molecule has 0 saturated carbocycles. The Labute approximate surface area is 113 Å². The third-order valence-electron chi connectivity index (χ3n) is 3.24. The second kappa shape index (κ2) is 5.58. The molecule has 108 valence electrons. The number of nitrogens with zero attached hydrogens (tertiary/aromatic N) is 2. The molecule has 7 nitrogen and oxygen atoms in total. The van der Waals surface area contributed by atoms with E-state index in [0.717, 1.165) is 0 Å². The van der Waals surface area contributed by atoms with Gasteiger partial charge in [-0.3, -0.25) is 5.10 Å². The van der Waals surface area contributed by atoms with Crippen LogP contribution in [0, 0.1) is 6.92 Å². The van der Waals surface area contributed by atoms with Crippen LogP contribution in [0.25, 0.3) is 0 Å². The van der Waals surface area contributed by atoms with Gasteiger partial charge in [-0.1, -0.05) is 0 Å². The number of hydrogen-bond donors (Lipinski definition) is 2. The van der Waals surface area contributed by atoms with Gasteiger partial charge in [0.05, 0.1) is 6.10 Å². The molecule has 1 atom stereocenters. The van der Waals surface area contributed by atoms with Crippen LogP contribution in [0.15, 0.2) is 5.03 Å². The summed E-state index contributed by atoms with van der Waals surface area (Å²) in [5.74, 6) is 0. The lowest BCUT2D eigenvalue weighted by Crippen LogP contribution is -2.36. The maximum Gasteiger partial charge on any atom is 0.262 e. The zero-order valence-corrected chi connectivity index (χ0v) is 12.0. The molecular weight excluding hydrogens is 268 g/mol. The van der Waals surface area contributed by atoms with E-state index in [2.05, 4.69) is 10.2 Å². The van der Waals surface area contributed by atoms with E-state index in [4.69, 9.17) is 10.5 Å². The summed E-state index contributed by atoms with van der Waals surface area (Å²) in [6.45, 7) is 5.16. The minimum Gasteiger partial charge on any atom is -0.377 e. The number of nitrogens with two attached hydrogens (primary N) is 1. The summed E-state index contributed by atoms with van der Waals surface area (Å²) in [6.07, 6.45) is 0.573. The number of aryl methyl sites for hydroxylation is 1. The van der Waals surface area contributed by atoms with Crippen LogP contribution >= 0.6 is 0 Å². The van der Waals surface area contributed by atoms with E-state index in [1.807, 2.05) is 6.92 Å². The van der Waals surface area contributed by atoms with Crippen LogP contribution in [0.3, 0.4) is 0 Å². The lowest BCUT2D eigenvalue weighted by molar-refractivity contribution is 0.0751. The lowest BCUT2D eigenvalue weighted by atomic mass is 10.3. The maximum absolute atomic E-state index is 12.6. The highest BCUT2D eigenvalue weighted by Crippen LogP contribution is 2.21. The zero-order valence-electron chi connectivity index (χ0n) is 11.2. The topological polar surface area (TPSA) is 101 Å². The highest BCUT2D eigenvalue weighted by molar-refractivity contribution is 7.89. The molecule has 1 aliphatic heterocycles. The van der Waals surface area contributed by atoms with Gasteiger partial charge in [0, 0.05) is 37.5 Å². The molecule has 3 N–H and O–H groups in total. The van der Waals surface area contributed by atoms with Crippen LogP contribution < -0.4 is 5.73 Å². The molecule has 0 aromatic carbocycles. The summed E-state index contributed by atoms with van der Waals surface area (Å²) in [5.41, 5.74) is 6.86. The van der Waals surface area contributed by atoms with Gasteiger partial charge in [-0.25, -0.2) is 8.42 Å². The molecule has 19 heavy (non-hydrogen) atoms. The molecule has 1 aromatic rings. The van der Waals surface area contributed by atoms with E-state index < -0.39 is 10.0 Å². The van der Waals surface area contributed by atoms with E-state index in [1.165, 1.54) is 4.31 Å². The predicted octanol–water partition coefficient (Wildman–Crippen LogP) is -0.0237. The first-order chi connectivity index (χ1) is 8.96. The molecule has 1 unspecified atom stereocenters. The molecule has 1 aromatic heterocycles. The average molecular weight is 288 g/mol. The molecule has 0 bridgehead atoms. The van der Waals surface area contributed by atoms with Gasteiger partial charge in [0.1, 0.15) is 0 Å². The van der Waals surface area contributed by atoms with E-state index in [9.17, 15) is 8.42 Å². The molecule has 2 rings (SSSR count). The van der Waals surface area contributed by atoms with Crippen molar-refractivity contribution in [3.05, 3.63) is 11.3 Å². The Hall–Kier alpha value is -0.960. The Morgan fingerprint density at radius 3 is 3.00 bits per heavy atom. The number of hydrogen-bond acceptors (Lipinski definition) is 5. The fourth-order valence-electron chi connectivity index (χ4n) is 2.18. The highest BCUT2D eigenvalue weighted by Gasteiger charge is 2.32. The van der Waals surface area contributed by atoms with Gasteiger partial charge in [0.25, 0.3) is 10.0 Å². The summed E-state index contributed by atoms with van der Waals surface area (Å²) in [5, 5.41) is 6.65. The van der Waals surface area contributed by atoms with Crippen molar-refractivity contribution in [2.24, 2.45) is 5.73 Å². The van der Waals surface area contributed by atoms with Crippen LogP contribution in [-0.4, -0.2) is 48.7 Å². The molecule has 1 fully saturated rings. The van der Waals surface area contributed by atoms with Crippen molar-refractivity contribution in [1.29, 1.82) is 0 Å². The predicted molar refractivity (Wildman–Crippen MR) is 70.0 cm³/mol. The van der Waals surface area contributed by atoms with Gasteiger partial charge < -0.3 is 10.5 Å². The molecule has 0 aliphatic carbocycles. The number of aromatic amines is 1. The third-order valence-corrected chi connectivity index (χ3v) is 5.08. The van der Waals surface area contributed by atoms with E-state index >= 15 is 0 Å². The monoisotopic (exact) mass is 288 g/mol. The molecule has 1 saturated heterocycles. The molecular formula is C11H20N4O3S. The van der Waals surface area contributed by atoms with Crippen molar-refractivity contribution >= 4 is 10.0 Å². The maximum atomic E-state index is 12.6. The van der Waals surface area contributed by atoms with Gasteiger partial charge in [-0.05, 0) is 20.3 Å². The number of rotatable bonds is 3. The van der Waals surface area contributed by atoms with Crippen LogP contribution in [-0.2, 0) is 21.3 Å². The first-order valence-corrected chi connectivity index (χ1v) is 7.76. The minimum atomic E-state index is -3.61. The summed E-state index contributed by atoms with van der Waals surface area (Å²) < 4.78 is 32.1. The van der Waals surface area contributed by atoms with Gasteiger partial charge in [0.2, 0.25) is 0 Å². The number of ether oxygens (including phenoxy) is 1. The van der Waals surface area contributed by atoms with Crippen LogP contribution in [0.4, 0.5) is 0 Å². The Kier molecular flexibility index (Phi) is 4.24. The van der Waals surface area contributed by atoms with Gasteiger partial charge in [-0.15, -0.1) is 0 Å². The quantitative estimate of drug-likeness (QED) is 0.813. The largest absolute Gasteiger partial charge is 0.377 e. The van der Waals surface area contributed by atoms with Crippen molar-refractivity contribution in [3.8, 4) is 0 Å². The van der Waals surface area contributed by atoms with Crippen molar-refractivity contribution in [1.82, 2.24) is 14.5 Å². The second-order valence-corrected chi connectivity index (χ2v) is 6.59. The average Bonchev–Trinajstić information content (AvgIpc) is 2.59. The molecule has 0 spiro atoms. The molecule has 8 heteroatoms. The Morgan fingerprint density at radius 2 is 2.32 bits per heavy atom. The number of nitrogens with one attached hydrogen (secondary N) is 1. The minimum absolute atomic E-state index is 0.0431. The number of aromatic nitrogens is 2. The summed E-state index contributed by atoms with van der Waals surface area (Å²) >= 11 is 0. The van der Waals surface area contributed by atoms with E-state index in [-0.39, 0.29) is 17.7 Å². The van der Waals surface area contributed by atoms with E-state index in [1.54, 1.807) is 6.92 Å². The van der Waals surface area contributed by atoms with Crippen LogP contribution in [0.2, 0.25) is 0 Å². The van der Waals surface area contributed by atoms with Crippen molar-refractivity contribution in [3.63, 3.8) is 0 Å². The summed E-state index contributed by atoms with van der Waals surface area (Å²) in [4.78, 5) is 0. The number of H-pyrrole nitrogens is 1. The smallest absolute Gasteiger partial charge is 0.262 e. The molecule has 2 heterocycles.